The van der Waals surface area contributed by atoms with Crippen molar-refractivity contribution < 1.29 is 13.9 Å². The molecule has 1 aromatic carbocycles. The summed E-state index contributed by atoms with van der Waals surface area (Å²) in [6.07, 6.45) is 1.44. The fourth-order valence-corrected chi connectivity index (χ4v) is 3.52. The van der Waals surface area contributed by atoms with Crippen LogP contribution in [0.1, 0.15) is 54.2 Å². The van der Waals surface area contributed by atoms with Crippen molar-refractivity contribution in [1.82, 2.24) is 20.1 Å². The number of hydrogen-bond acceptors (Lipinski definition) is 6. The highest BCUT2D eigenvalue weighted by Gasteiger charge is 2.17. The van der Waals surface area contributed by atoms with E-state index < -0.39 is 0 Å². The van der Waals surface area contributed by atoms with Crippen LogP contribution in [0.4, 0.5) is 0 Å². The zero-order valence-corrected chi connectivity index (χ0v) is 18.4. The summed E-state index contributed by atoms with van der Waals surface area (Å²) in [5.41, 5.74) is 2.94. The summed E-state index contributed by atoms with van der Waals surface area (Å²) in [4.78, 5) is 21.1. The molecule has 1 N–H and O–H groups in total. The van der Waals surface area contributed by atoms with E-state index in [1.54, 1.807) is 0 Å². The minimum atomic E-state index is -0.198. The van der Waals surface area contributed by atoms with Crippen LogP contribution in [0.15, 0.2) is 34.9 Å². The Kier molecular flexibility index (Phi) is 8.42. The lowest BCUT2D eigenvalue weighted by molar-refractivity contribution is 0.0320. The Bertz CT molecular complexity index is 782. The van der Waals surface area contributed by atoms with E-state index in [9.17, 15) is 4.79 Å². The van der Waals surface area contributed by atoms with E-state index >= 15 is 0 Å². The first-order valence-corrected chi connectivity index (χ1v) is 10.9. The van der Waals surface area contributed by atoms with Crippen molar-refractivity contribution in [2.75, 3.05) is 45.9 Å². The lowest BCUT2D eigenvalue weighted by Crippen LogP contribution is -2.41. The largest absolute Gasteiger partial charge is 0.447 e. The molecule has 0 aliphatic carbocycles. The van der Waals surface area contributed by atoms with Crippen molar-refractivity contribution in [3.63, 3.8) is 0 Å². The minimum absolute atomic E-state index is 0.198. The van der Waals surface area contributed by atoms with Gasteiger partial charge in [-0.05, 0) is 24.0 Å². The van der Waals surface area contributed by atoms with E-state index in [-0.39, 0.29) is 5.91 Å². The highest BCUT2D eigenvalue weighted by Crippen LogP contribution is 2.17. The third kappa shape index (κ3) is 6.65. The van der Waals surface area contributed by atoms with Crippen molar-refractivity contribution >= 4 is 5.91 Å². The van der Waals surface area contributed by atoms with Crippen LogP contribution in [-0.2, 0) is 17.8 Å². The van der Waals surface area contributed by atoms with Crippen LogP contribution in [0.5, 0.6) is 0 Å². The van der Waals surface area contributed by atoms with Gasteiger partial charge < -0.3 is 14.5 Å². The molecule has 164 valence electrons. The van der Waals surface area contributed by atoms with Gasteiger partial charge in [-0.2, -0.15) is 0 Å². The highest BCUT2D eigenvalue weighted by atomic mass is 16.5. The van der Waals surface area contributed by atoms with Crippen LogP contribution in [0.3, 0.4) is 0 Å². The first-order chi connectivity index (χ1) is 14.5. The Morgan fingerprint density at radius 2 is 1.93 bits per heavy atom. The maximum Gasteiger partial charge on any atom is 0.273 e. The zero-order valence-electron chi connectivity index (χ0n) is 18.4. The Balaban J connectivity index is 1.65. The molecule has 1 fully saturated rings. The van der Waals surface area contributed by atoms with Crippen molar-refractivity contribution in [2.24, 2.45) is 0 Å². The quantitative estimate of drug-likeness (QED) is 0.645. The van der Waals surface area contributed by atoms with Crippen LogP contribution >= 0.6 is 0 Å². The Hall–Kier alpha value is -2.22. The third-order valence-electron chi connectivity index (χ3n) is 5.37. The van der Waals surface area contributed by atoms with Gasteiger partial charge in [0.05, 0.1) is 19.8 Å². The monoisotopic (exact) mass is 414 g/mol. The van der Waals surface area contributed by atoms with Gasteiger partial charge in [-0.15, -0.1) is 0 Å². The molecule has 0 spiro atoms. The number of ether oxygens (including phenoxy) is 1. The molecule has 1 aromatic heterocycles. The Labute approximate surface area is 179 Å². The van der Waals surface area contributed by atoms with E-state index in [2.05, 4.69) is 58.2 Å². The number of carbonyl (C=O) groups excluding carboxylic acids is 1. The maximum absolute atomic E-state index is 12.0. The summed E-state index contributed by atoms with van der Waals surface area (Å²) in [7, 11) is 0. The molecule has 1 aliphatic heterocycles. The SMILES string of the molecule is CCNC(=O)c1coc(CN(CCN2CCOCC2)Cc2ccc(C(C)C)cc2)n1. The van der Waals surface area contributed by atoms with Crippen LogP contribution in [0.25, 0.3) is 0 Å². The third-order valence-corrected chi connectivity index (χ3v) is 5.37. The standard InChI is InChI=1S/C23H34N4O3/c1-4-24-23(28)21-17-30-22(25-21)16-27(10-9-26-11-13-29-14-12-26)15-19-5-7-20(8-6-19)18(2)3/h5-8,17-18H,4,9-16H2,1-3H3,(H,24,28). The van der Waals surface area contributed by atoms with Crippen LogP contribution in [0.2, 0.25) is 0 Å². The average Bonchev–Trinajstić information content (AvgIpc) is 3.22. The van der Waals surface area contributed by atoms with Gasteiger partial charge in [-0.1, -0.05) is 38.1 Å². The summed E-state index contributed by atoms with van der Waals surface area (Å²) in [5, 5.41) is 2.76. The number of rotatable bonds is 10. The van der Waals surface area contributed by atoms with Gasteiger partial charge in [-0.3, -0.25) is 14.6 Å². The summed E-state index contributed by atoms with van der Waals surface area (Å²) >= 11 is 0. The van der Waals surface area contributed by atoms with Crippen molar-refractivity contribution in [1.29, 1.82) is 0 Å². The van der Waals surface area contributed by atoms with Crippen molar-refractivity contribution in [3.8, 4) is 0 Å². The van der Waals surface area contributed by atoms with Crippen LogP contribution < -0.4 is 5.32 Å². The molecule has 0 atom stereocenters. The van der Waals surface area contributed by atoms with E-state index in [1.807, 2.05) is 6.92 Å². The average molecular weight is 415 g/mol. The molecule has 1 aliphatic rings. The normalized spacial score (nSPS) is 15.1. The molecule has 2 heterocycles. The second kappa shape index (κ2) is 11.2. The smallest absolute Gasteiger partial charge is 0.273 e. The number of nitrogens with zero attached hydrogens (tertiary/aromatic N) is 3. The number of aromatic nitrogens is 1. The summed E-state index contributed by atoms with van der Waals surface area (Å²) < 4.78 is 11.1. The molecule has 1 saturated heterocycles. The van der Waals surface area contributed by atoms with Gasteiger partial charge in [0.1, 0.15) is 6.26 Å². The number of hydrogen-bond donors (Lipinski definition) is 1. The van der Waals surface area contributed by atoms with Gasteiger partial charge in [0.2, 0.25) is 5.89 Å². The number of benzene rings is 1. The van der Waals surface area contributed by atoms with Crippen LogP contribution in [0, 0.1) is 0 Å². The highest BCUT2D eigenvalue weighted by molar-refractivity contribution is 5.91. The number of oxazole rings is 1. The molecule has 7 nitrogen and oxygen atoms in total. The predicted octanol–water partition coefficient (Wildman–Crippen LogP) is 2.88. The second-order valence-electron chi connectivity index (χ2n) is 8.05. The number of nitrogens with one attached hydrogen (secondary N) is 1. The van der Waals surface area contributed by atoms with Crippen LogP contribution in [-0.4, -0.2) is 66.6 Å². The molecular weight excluding hydrogens is 380 g/mol. The van der Waals surface area contributed by atoms with Crippen molar-refractivity contribution in [2.45, 2.75) is 39.8 Å². The number of carbonyl (C=O) groups is 1. The molecule has 0 unspecified atom stereocenters. The first kappa shape index (κ1) is 22.5. The first-order valence-electron chi connectivity index (χ1n) is 10.9. The van der Waals surface area contributed by atoms with Gasteiger partial charge in [0.15, 0.2) is 5.69 Å². The zero-order chi connectivity index (χ0) is 21.3. The van der Waals surface area contributed by atoms with E-state index in [0.717, 1.165) is 45.9 Å². The summed E-state index contributed by atoms with van der Waals surface area (Å²) in [5.74, 6) is 0.894. The van der Waals surface area contributed by atoms with Crippen molar-refractivity contribution in [3.05, 3.63) is 53.2 Å². The molecule has 3 rings (SSSR count). The molecule has 1 amide bonds. The summed E-state index contributed by atoms with van der Waals surface area (Å²) in [6.45, 7) is 13.6. The topological polar surface area (TPSA) is 70.8 Å². The van der Waals surface area contributed by atoms with Gasteiger partial charge in [-0.25, -0.2) is 4.98 Å². The lowest BCUT2D eigenvalue weighted by Gasteiger charge is -2.29. The molecular formula is C23H34N4O3. The number of morpholine rings is 1. The fourth-order valence-electron chi connectivity index (χ4n) is 3.52. The molecule has 30 heavy (non-hydrogen) atoms. The second-order valence-corrected chi connectivity index (χ2v) is 8.05. The van der Waals surface area contributed by atoms with Gasteiger partial charge in [0.25, 0.3) is 5.91 Å². The molecule has 7 heteroatoms. The fraction of sp³-hybridized carbons (Fsp3) is 0.565. The van der Waals surface area contributed by atoms with E-state index in [1.165, 1.54) is 17.4 Å². The lowest BCUT2D eigenvalue weighted by atomic mass is 10.0. The Morgan fingerprint density at radius 3 is 2.60 bits per heavy atom. The molecule has 2 aromatic rings. The predicted molar refractivity (Wildman–Crippen MR) is 116 cm³/mol. The Morgan fingerprint density at radius 1 is 1.20 bits per heavy atom. The number of amides is 1. The van der Waals surface area contributed by atoms with E-state index in [4.69, 9.17) is 9.15 Å². The maximum atomic E-state index is 12.0. The molecule has 0 bridgehead atoms. The minimum Gasteiger partial charge on any atom is -0.447 e. The summed E-state index contributed by atoms with van der Waals surface area (Å²) in [6, 6.07) is 8.82. The molecule has 0 saturated carbocycles. The molecule has 0 radical (unpaired) electrons. The van der Waals surface area contributed by atoms with Gasteiger partial charge >= 0.3 is 0 Å². The van der Waals surface area contributed by atoms with Gasteiger partial charge in [0, 0.05) is 39.3 Å². The van der Waals surface area contributed by atoms with E-state index in [0.29, 0.717) is 30.6 Å².